The van der Waals surface area contributed by atoms with Crippen LogP contribution in [0.25, 0.3) is 0 Å². The molecule has 1 aromatic rings. The van der Waals surface area contributed by atoms with Gasteiger partial charge in [-0.25, -0.2) is 13.1 Å². The Morgan fingerprint density at radius 1 is 1.23 bits per heavy atom. The summed E-state index contributed by atoms with van der Waals surface area (Å²) < 4.78 is 32.1. The van der Waals surface area contributed by atoms with E-state index in [1.807, 2.05) is 12.1 Å². The molecule has 0 bridgehead atoms. The van der Waals surface area contributed by atoms with Gasteiger partial charge in [0.05, 0.1) is 12.4 Å². The summed E-state index contributed by atoms with van der Waals surface area (Å²) in [6.45, 7) is 6.56. The second-order valence-corrected chi connectivity index (χ2v) is 8.40. The van der Waals surface area contributed by atoms with Crippen molar-refractivity contribution in [1.82, 2.24) is 4.72 Å². The molecule has 22 heavy (non-hydrogen) atoms. The SMILES string of the molecule is CCS(=O)(=O)NC1CCCC1COc1ccc(C(C)C)cc1. The third-order valence-electron chi connectivity index (χ3n) is 4.38. The van der Waals surface area contributed by atoms with Crippen molar-refractivity contribution in [2.24, 2.45) is 5.92 Å². The van der Waals surface area contributed by atoms with Crippen molar-refractivity contribution in [2.45, 2.75) is 52.0 Å². The highest BCUT2D eigenvalue weighted by atomic mass is 32.2. The van der Waals surface area contributed by atoms with Crippen molar-refractivity contribution < 1.29 is 13.2 Å². The van der Waals surface area contributed by atoms with Gasteiger partial charge in [0.15, 0.2) is 0 Å². The Labute approximate surface area is 134 Å². The lowest BCUT2D eigenvalue weighted by atomic mass is 10.0. The molecule has 1 saturated carbocycles. The minimum absolute atomic E-state index is 0.0138. The van der Waals surface area contributed by atoms with Crippen molar-refractivity contribution in [1.29, 1.82) is 0 Å². The van der Waals surface area contributed by atoms with Gasteiger partial charge in [0.25, 0.3) is 0 Å². The van der Waals surface area contributed by atoms with Crippen LogP contribution in [0.4, 0.5) is 0 Å². The highest BCUT2D eigenvalue weighted by molar-refractivity contribution is 7.89. The molecule has 4 nitrogen and oxygen atoms in total. The van der Waals surface area contributed by atoms with Crippen LogP contribution in [0.5, 0.6) is 5.75 Å². The molecule has 2 rings (SSSR count). The average molecular weight is 325 g/mol. The van der Waals surface area contributed by atoms with Gasteiger partial charge in [0, 0.05) is 12.0 Å². The summed E-state index contributed by atoms with van der Waals surface area (Å²) in [5, 5.41) is 0. The fourth-order valence-corrected chi connectivity index (χ4v) is 3.80. The van der Waals surface area contributed by atoms with E-state index in [1.165, 1.54) is 5.56 Å². The number of hydrogen-bond acceptors (Lipinski definition) is 3. The van der Waals surface area contributed by atoms with Crippen molar-refractivity contribution >= 4 is 10.0 Å². The third kappa shape index (κ3) is 4.71. The standard InChI is InChI=1S/C17H27NO3S/c1-4-22(19,20)18-17-7-5-6-15(17)12-21-16-10-8-14(9-11-16)13(2)3/h8-11,13,15,17-18H,4-7,12H2,1-3H3. The molecule has 0 heterocycles. The van der Waals surface area contributed by atoms with Gasteiger partial charge >= 0.3 is 0 Å². The molecule has 1 aromatic carbocycles. The first-order chi connectivity index (χ1) is 10.4. The van der Waals surface area contributed by atoms with E-state index in [1.54, 1.807) is 6.92 Å². The second-order valence-electron chi connectivity index (χ2n) is 6.35. The zero-order valence-corrected chi connectivity index (χ0v) is 14.5. The molecular formula is C17H27NO3S. The Balaban J connectivity index is 1.90. The summed E-state index contributed by atoms with van der Waals surface area (Å²) in [6, 6.07) is 8.18. The smallest absolute Gasteiger partial charge is 0.211 e. The number of rotatable bonds is 7. The molecule has 0 aliphatic heterocycles. The number of ether oxygens (including phenoxy) is 1. The lowest BCUT2D eigenvalue weighted by molar-refractivity contribution is 0.234. The second kappa shape index (κ2) is 7.47. The summed E-state index contributed by atoms with van der Waals surface area (Å²) in [4.78, 5) is 0. The third-order valence-corrected chi connectivity index (χ3v) is 5.80. The van der Waals surface area contributed by atoms with Gasteiger partial charge in [0.2, 0.25) is 10.0 Å². The topological polar surface area (TPSA) is 55.4 Å². The normalized spacial score (nSPS) is 22.2. The van der Waals surface area contributed by atoms with Crippen LogP contribution in [0.3, 0.4) is 0 Å². The zero-order valence-electron chi connectivity index (χ0n) is 13.7. The van der Waals surface area contributed by atoms with Crippen LogP contribution in [0.1, 0.15) is 51.5 Å². The van der Waals surface area contributed by atoms with Gasteiger partial charge in [-0.15, -0.1) is 0 Å². The molecule has 124 valence electrons. The van der Waals surface area contributed by atoms with Gasteiger partial charge in [-0.1, -0.05) is 32.4 Å². The minimum atomic E-state index is -3.14. The minimum Gasteiger partial charge on any atom is -0.493 e. The Morgan fingerprint density at radius 3 is 2.50 bits per heavy atom. The van der Waals surface area contributed by atoms with Gasteiger partial charge in [0.1, 0.15) is 5.75 Å². The summed E-state index contributed by atoms with van der Waals surface area (Å²) in [7, 11) is -3.14. The van der Waals surface area contributed by atoms with Crippen molar-refractivity contribution in [3.8, 4) is 5.75 Å². The molecule has 0 saturated heterocycles. The van der Waals surface area contributed by atoms with E-state index in [-0.39, 0.29) is 17.7 Å². The highest BCUT2D eigenvalue weighted by Gasteiger charge is 2.30. The van der Waals surface area contributed by atoms with Crippen molar-refractivity contribution in [2.75, 3.05) is 12.4 Å². The fraction of sp³-hybridized carbons (Fsp3) is 0.647. The van der Waals surface area contributed by atoms with Crippen LogP contribution in [-0.2, 0) is 10.0 Å². The Morgan fingerprint density at radius 2 is 1.91 bits per heavy atom. The molecule has 2 unspecified atom stereocenters. The molecule has 2 atom stereocenters. The van der Waals surface area contributed by atoms with Gasteiger partial charge in [-0.05, 0) is 43.4 Å². The summed E-state index contributed by atoms with van der Waals surface area (Å²) in [6.07, 6.45) is 2.97. The first-order valence-corrected chi connectivity index (χ1v) is 9.79. The molecule has 5 heteroatoms. The van der Waals surface area contributed by atoms with E-state index < -0.39 is 10.0 Å². The monoisotopic (exact) mass is 325 g/mol. The first-order valence-electron chi connectivity index (χ1n) is 8.14. The molecule has 1 N–H and O–H groups in total. The predicted octanol–water partition coefficient (Wildman–Crippen LogP) is 3.30. The van der Waals surface area contributed by atoms with E-state index in [9.17, 15) is 8.42 Å². The molecule has 1 aliphatic carbocycles. The lowest BCUT2D eigenvalue weighted by Crippen LogP contribution is -2.40. The maximum atomic E-state index is 11.7. The Kier molecular flexibility index (Phi) is 5.87. The van der Waals surface area contributed by atoms with E-state index in [0.717, 1.165) is 25.0 Å². The predicted molar refractivity (Wildman–Crippen MR) is 89.8 cm³/mol. The van der Waals surface area contributed by atoms with Gasteiger partial charge in [-0.3, -0.25) is 0 Å². The molecule has 0 amide bonds. The number of sulfonamides is 1. The molecule has 1 aliphatic rings. The fourth-order valence-electron chi connectivity index (χ4n) is 2.86. The zero-order chi connectivity index (χ0) is 16.2. The first kappa shape index (κ1) is 17.3. The number of benzene rings is 1. The van der Waals surface area contributed by atoms with Crippen molar-refractivity contribution in [3.05, 3.63) is 29.8 Å². The lowest BCUT2D eigenvalue weighted by Gasteiger charge is -2.21. The van der Waals surface area contributed by atoms with Crippen LogP contribution in [0.2, 0.25) is 0 Å². The molecule has 0 spiro atoms. The molecular weight excluding hydrogens is 298 g/mol. The number of nitrogens with one attached hydrogen (secondary N) is 1. The van der Waals surface area contributed by atoms with Gasteiger partial charge < -0.3 is 4.74 Å². The largest absolute Gasteiger partial charge is 0.493 e. The van der Waals surface area contributed by atoms with Crippen molar-refractivity contribution in [3.63, 3.8) is 0 Å². The Bertz CT molecular complexity index is 566. The van der Waals surface area contributed by atoms with E-state index >= 15 is 0 Å². The van der Waals surface area contributed by atoms with Crippen LogP contribution >= 0.6 is 0 Å². The van der Waals surface area contributed by atoms with E-state index in [0.29, 0.717) is 12.5 Å². The van der Waals surface area contributed by atoms with Crippen LogP contribution in [0, 0.1) is 5.92 Å². The highest BCUT2D eigenvalue weighted by Crippen LogP contribution is 2.27. The van der Waals surface area contributed by atoms with Crippen LogP contribution in [0.15, 0.2) is 24.3 Å². The van der Waals surface area contributed by atoms with Crippen LogP contribution in [-0.4, -0.2) is 26.8 Å². The summed E-state index contributed by atoms with van der Waals surface area (Å²) >= 11 is 0. The molecule has 1 fully saturated rings. The average Bonchev–Trinajstić information content (AvgIpc) is 2.92. The van der Waals surface area contributed by atoms with E-state index in [2.05, 4.69) is 30.7 Å². The maximum absolute atomic E-state index is 11.7. The molecule has 0 radical (unpaired) electrons. The summed E-state index contributed by atoms with van der Waals surface area (Å²) in [5.41, 5.74) is 1.29. The molecule has 0 aromatic heterocycles. The Hall–Kier alpha value is -1.07. The van der Waals surface area contributed by atoms with Gasteiger partial charge in [-0.2, -0.15) is 0 Å². The maximum Gasteiger partial charge on any atom is 0.211 e. The van der Waals surface area contributed by atoms with E-state index in [4.69, 9.17) is 4.74 Å². The van der Waals surface area contributed by atoms with Crippen LogP contribution < -0.4 is 9.46 Å². The quantitative estimate of drug-likeness (QED) is 0.837. The number of hydrogen-bond donors (Lipinski definition) is 1. The summed E-state index contributed by atoms with van der Waals surface area (Å²) in [5.74, 6) is 1.75.